The maximum absolute atomic E-state index is 11.5. The normalized spacial score (nSPS) is 10.8. The Morgan fingerprint density at radius 3 is 3.00 bits per heavy atom. The molecular formula is C12H13NO2S. The summed E-state index contributed by atoms with van der Waals surface area (Å²) < 4.78 is 6.20. The zero-order valence-electron chi connectivity index (χ0n) is 9.10. The summed E-state index contributed by atoms with van der Waals surface area (Å²) in [7, 11) is 0. The molecule has 3 nitrogen and oxygen atoms in total. The van der Waals surface area contributed by atoms with Crippen molar-refractivity contribution in [3.63, 3.8) is 0 Å². The van der Waals surface area contributed by atoms with Gasteiger partial charge in [0.15, 0.2) is 5.78 Å². The molecule has 0 unspecified atom stereocenters. The molecule has 0 aliphatic carbocycles. The van der Waals surface area contributed by atoms with Crippen molar-refractivity contribution in [2.45, 2.75) is 13.3 Å². The molecule has 0 aliphatic rings. The number of fused-ring (bicyclic) bond motifs is 1. The lowest BCUT2D eigenvalue weighted by Crippen LogP contribution is -2.11. The summed E-state index contributed by atoms with van der Waals surface area (Å²) in [5.41, 5.74) is 0.965. The zero-order chi connectivity index (χ0) is 11.4. The van der Waals surface area contributed by atoms with Crippen LogP contribution in [0.2, 0.25) is 0 Å². The number of nitrogens with zero attached hydrogens (tertiary/aromatic N) is 1. The van der Waals surface area contributed by atoms with Gasteiger partial charge in [0.2, 0.25) is 0 Å². The van der Waals surface area contributed by atoms with Crippen LogP contribution in [0.15, 0.2) is 24.3 Å². The van der Waals surface area contributed by atoms with E-state index >= 15 is 0 Å². The highest BCUT2D eigenvalue weighted by atomic mass is 32.1. The Labute approximate surface area is 98.1 Å². The zero-order valence-corrected chi connectivity index (χ0v) is 9.92. The molecule has 0 aliphatic heterocycles. The second-order valence-corrected chi connectivity index (χ2v) is 4.54. The number of carbonyl (C=O) groups excluding carboxylic acids is 1. The number of para-hydroxylation sites is 1. The maximum atomic E-state index is 11.5. The Kier molecular flexibility index (Phi) is 3.64. The van der Waals surface area contributed by atoms with Gasteiger partial charge in [0.25, 0.3) is 0 Å². The van der Waals surface area contributed by atoms with Crippen molar-refractivity contribution in [1.29, 1.82) is 0 Å². The van der Waals surface area contributed by atoms with E-state index in [1.54, 1.807) is 11.3 Å². The Morgan fingerprint density at radius 2 is 2.25 bits per heavy atom. The number of Topliss-reactive ketones (excluding diaryl/α,β-unsaturated/α-hetero) is 1. The van der Waals surface area contributed by atoms with Gasteiger partial charge in [-0.15, -0.1) is 11.3 Å². The average Bonchev–Trinajstić information content (AvgIpc) is 2.68. The van der Waals surface area contributed by atoms with E-state index in [9.17, 15) is 4.79 Å². The Hall–Kier alpha value is -1.26. The highest BCUT2D eigenvalue weighted by molar-refractivity contribution is 7.18. The van der Waals surface area contributed by atoms with Gasteiger partial charge in [-0.3, -0.25) is 4.79 Å². The average molecular weight is 235 g/mol. The van der Waals surface area contributed by atoms with Gasteiger partial charge in [0.1, 0.15) is 11.6 Å². The first-order chi connectivity index (χ1) is 7.79. The lowest BCUT2D eigenvalue weighted by molar-refractivity contribution is -0.122. The monoisotopic (exact) mass is 235 g/mol. The highest BCUT2D eigenvalue weighted by Gasteiger charge is 2.08. The van der Waals surface area contributed by atoms with Crippen molar-refractivity contribution in [3.05, 3.63) is 29.3 Å². The summed E-state index contributed by atoms with van der Waals surface area (Å²) in [5.74, 6) is 0.0842. The Balaban J connectivity index is 2.07. The van der Waals surface area contributed by atoms with Gasteiger partial charge in [0.05, 0.1) is 16.6 Å². The quantitative estimate of drug-likeness (QED) is 0.799. The third-order valence-corrected chi connectivity index (χ3v) is 3.19. The summed E-state index contributed by atoms with van der Waals surface area (Å²) in [6.45, 7) is 2.64. The number of ether oxygens (including phenoxy) is 1. The largest absolute Gasteiger partial charge is 0.374 e. The molecule has 0 radical (unpaired) electrons. The van der Waals surface area contributed by atoms with Crippen LogP contribution in [0.4, 0.5) is 0 Å². The second kappa shape index (κ2) is 5.18. The highest BCUT2D eigenvalue weighted by Crippen LogP contribution is 2.21. The van der Waals surface area contributed by atoms with E-state index in [1.807, 2.05) is 31.2 Å². The van der Waals surface area contributed by atoms with E-state index in [4.69, 9.17) is 4.74 Å². The minimum Gasteiger partial charge on any atom is -0.374 e. The first-order valence-corrected chi connectivity index (χ1v) is 6.05. The molecule has 1 heterocycles. The molecule has 0 fully saturated rings. The molecule has 1 aromatic heterocycles. The van der Waals surface area contributed by atoms with E-state index in [-0.39, 0.29) is 12.4 Å². The summed E-state index contributed by atoms with van der Waals surface area (Å²) in [4.78, 5) is 15.9. The first-order valence-electron chi connectivity index (χ1n) is 5.23. The van der Waals surface area contributed by atoms with Gasteiger partial charge in [-0.1, -0.05) is 12.1 Å². The molecule has 0 saturated heterocycles. The van der Waals surface area contributed by atoms with E-state index in [2.05, 4.69) is 4.98 Å². The summed E-state index contributed by atoms with van der Waals surface area (Å²) in [6.07, 6.45) is 0.374. The van der Waals surface area contributed by atoms with Gasteiger partial charge in [0, 0.05) is 6.61 Å². The summed E-state index contributed by atoms with van der Waals surface area (Å²) >= 11 is 1.57. The van der Waals surface area contributed by atoms with Crippen LogP contribution in [-0.4, -0.2) is 24.0 Å². The van der Waals surface area contributed by atoms with Crippen LogP contribution < -0.4 is 0 Å². The number of hydrogen-bond donors (Lipinski definition) is 0. The molecule has 0 N–H and O–H groups in total. The molecular weight excluding hydrogens is 222 g/mol. The fourth-order valence-electron chi connectivity index (χ4n) is 1.43. The molecule has 0 saturated carbocycles. The van der Waals surface area contributed by atoms with Crippen molar-refractivity contribution in [2.75, 3.05) is 13.2 Å². The summed E-state index contributed by atoms with van der Waals surface area (Å²) in [5, 5.41) is 0.867. The molecule has 16 heavy (non-hydrogen) atoms. The van der Waals surface area contributed by atoms with Gasteiger partial charge >= 0.3 is 0 Å². The van der Waals surface area contributed by atoms with E-state index in [1.165, 1.54) is 0 Å². The van der Waals surface area contributed by atoms with Crippen molar-refractivity contribution in [2.24, 2.45) is 0 Å². The fourth-order valence-corrected chi connectivity index (χ4v) is 2.43. The van der Waals surface area contributed by atoms with Gasteiger partial charge in [-0.2, -0.15) is 0 Å². The predicted octanol–water partition coefficient (Wildman–Crippen LogP) is 2.44. The number of ketones is 1. The van der Waals surface area contributed by atoms with Crippen molar-refractivity contribution in [3.8, 4) is 0 Å². The van der Waals surface area contributed by atoms with E-state index in [0.717, 1.165) is 15.2 Å². The van der Waals surface area contributed by atoms with Crippen LogP contribution in [-0.2, 0) is 16.0 Å². The smallest absolute Gasteiger partial charge is 0.165 e. The number of thiazole rings is 1. The summed E-state index contributed by atoms with van der Waals surface area (Å²) in [6, 6.07) is 7.91. The van der Waals surface area contributed by atoms with Gasteiger partial charge in [-0.25, -0.2) is 4.98 Å². The van der Waals surface area contributed by atoms with Gasteiger partial charge in [-0.05, 0) is 19.1 Å². The maximum Gasteiger partial charge on any atom is 0.165 e. The van der Waals surface area contributed by atoms with Crippen LogP contribution in [0.1, 0.15) is 11.9 Å². The third-order valence-electron chi connectivity index (χ3n) is 2.15. The molecule has 84 valence electrons. The van der Waals surface area contributed by atoms with Crippen LogP contribution in [0.3, 0.4) is 0 Å². The molecule has 0 amide bonds. The second-order valence-electron chi connectivity index (χ2n) is 3.43. The number of hydrogen-bond acceptors (Lipinski definition) is 4. The molecule has 2 rings (SSSR count). The molecule has 0 bridgehead atoms. The topological polar surface area (TPSA) is 39.2 Å². The fraction of sp³-hybridized carbons (Fsp3) is 0.333. The molecule has 4 heteroatoms. The molecule has 1 aromatic carbocycles. The van der Waals surface area contributed by atoms with Crippen LogP contribution in [0.5, 0.6) is 0 Å². The predicted molar refractivity (Wildman–Crippen MR) is 64.8 cm³/mol. The number of carbonyl (C=O) groups is 1. The lowest BCUT2D eigenvalue weighted by Gasteiger charge is -1.97. The van der Waals surface area contributed by atoms with E-state index in [0.29, 0.717) is 13.0 Å². The SMILES string of the molecule is CCOCC(=O)Cc1nc2ccccc2s1. The third kappa shape index (κ3) is 2.65. The standard InChI is InChI=1S/C12H13NO2S/c1-2-15-8-9(14)7-12-13-10-5-3-4-6-11(10)16-12/h3-6H,2,7-8H2,1H3. The Morgan fingerprint density at radius 1 is 1.44 bits per heavy atom. The van der Waals surface area contributed by atoms with Gasteiger partial charge < -0.3 is 4.74 Å². The van der Waals surface area contributed by atoms with Crippen molar-refractivity contribution < 1.29 is 9.53 Å². The Bertz CT molecular complexity index is 459. The number of rotatable bonds is 5. The van der Waals surface area contributed by atoms with Crippen molar-refractivity contribution in [1.82, 2.24) is 4.98 Å². The first kappa shape index (κ1) is 11.2. The molecule has 2 aromatic rings. The lowest BCUT2D eigenvalue weighted by atomic mass is 10.3. The van der Waals surface area contributed by atoms with Crippen LogP contribution in [0.25, 0.3) is 10.2 Å². The number of aromatic nitrogens is 1. The van der Waals surface area contributed by atoms with Crippen molar-refractivity contribution >= 4 is 27.3 Å². The number of benzene rings is 1. The molecule has 0 spiro atoms. The van der Waals surface area contributed by atoms with Crippen LogP contribution in [0, 0.1) is 0 Å². The minimum absolute atomic E-state index is 0.0842. The molecule has 0 atom stereocenters. The minimum atomic E-state index is 0.0842. The van der Waals surface area contributed by atoms with E-state index < -0.39 is 0 Å². The van der Waals surface area contributed by atoms with Crippen LogP contribution >= 0.6 is 11.3 Å².